The fourth-order valence-electron chi connectivity index (χ4n) is 3.71. The fourth-order valence-corrected chi connectivity index (χ4v) is 5.51. The molecule has 3 rings (SSSR count). The number of nitrogens with one attached hydrogen (secondary N) is 1. The Kier molecular flexibility index (Phi) is 4.53. The van der Waals surface area contributed by atoms with Gasteiger partial charge in [-0.05, 0) is 24.3 Å². The molecule has 1 heterocycles. The molecule has 1 saturated heterocycles. The first kappa shape index (κ1) is 16.9. The van der Waals surface area contributed by atoms with E-state index in [1.165, 1.54) is 5.56 Å². The molecule has 0 bridgehead atoms. The van der Waals surface area contributed by atoms with Crippen LogP contribution in [0.4, 0.5) is 0 Å². The number of aliphatic hydroxyl groups excluding tert-OH is 1. The highest BCUT2D eigenvalue weighted by Crippen LogP contribution is 2.55. The van der Waals surface area contributed by atoms with Crippen LogP contribution in [0.5, 0.6) is 0 Å². The molecule has 6 heteroatoms. The molecular weight excluding hydrogens is 314 g/mol. The lowest BCUT2D eigenvalue weighted by Crippen LogP contribution is -2.47. The summed E-state index contributed by atoms with van der Waals surface area (Å²) in [6.45, 7) is 4.35. The lowest BCUT2D eigenvalue weighted by Gasteiger charge is -2.24. The standard InChI is InChI=1S/C17H25NO4S/c1-12(2)8-17(9-14(17)13-6-4-3-5-7-13)18-23(20,21)16-11-22-10-15(16)19/h3-7,12,14-16,18-19H,8-11H2,1-2H3/t14-,15?,16?,17+/m1/s1. The van der Waals surface area contributed by atoms with E-state index in [2.05, 4.69) is 30.7 Å². The highest BCUT2D eigenvalue weighted by atomic mass is 32.2. The fraction of sp³-hybridized carbons (Fsp3) is 0.647. The van der Waals surface area contributed by atoms with Crippen LogP contribution in [-0.2, 0) is 14.8 Å². The number of ether oxygens (including phenoxy) is 1. The van der Waals surface area contributed by atoms with Crippen LogP contribution in [-0.4, -0.2) is 43.6 Å². The quantitative estimate of drug-likeness (QED) is 0.826. The molecule has 1 aromatic rings. The van der Waals surface area contributed by atoms with Crippen molar-refractivity contribution < 1.29 is 18.3 Å². The van der Waals surface area contributed by atoms with Gasteiger partial charge in [0.15, 0.2) is 0 Å². The van der Waals surface area contributed by atoms with Crippen LogP contribution in [0.3, 0.4) is 0 Å². The normalized spacial score (nSPS) is 34.0. The summed E-state index contributed by atoms with van der Waals surface area (Å²) in [6.07, 6.45) is 0.644. The number of benzene rings is 1. The van der Waals surface area contributed by atoms with Gasteiger partial charge in [0.2, 0.25) is 10.0 Å². The maximum Gasteiger partial charge on any atom is 0.219 e. The molecule has 1 aliphatic carbocycles. The summed E-state index contributed by atoms with van der Waals surface area (Å²) in [5, 5.41) is 8.99. The van der Waals surface area contributed by atoms with Crippen molar-refractivity contribution in [1.82, 2.24) is 4.72 Å². The Labute approximate surface area is 138 Å². The second-order valence-corrected chi connectivity index (χ2v) is 9.11. The molecule has 2 N–H and O–H groups in total. The van der Waals surface area contributed by atoms with E-state index in [-0.39, 0.29) is 19.1 Å². The second-order valence-electron chi connectivity index (χ2n) is 7.21. The average molecular weight is 339 g/mol. The minimum absolute atomic E-state index is 0.0598. The summed E-state index contributed by atoms with van der Waals surface area (Å²) < 4.78 is 33.5. The Bertz CT molecular complexity index is 646. The molecule has 4 atom stereocenters. The van der Waals surface area contributed by atoms with E-state index in [9.17, 15) is 13.5 Å². The molecule has 23 heavy (non-hydrogen) atoms. The van der Waals surface area contributed by atoms with E-state index in [0.717, 1.165) is 12.8 Å². The van der Waals surface area contributed by atoms with E-state index in [4.69, 9.17) is 4.74 Å². The van der Waals surface area contributed by atoms with E-state index in [0.29, 0.717) is 5.92 Å². The van der Waals surface area contributed by atoms with Gasteiger partial charge in [0.05, 0.1) is 19.3 Å². The first-order chi connectivity index (χ1) is 10.8. The van der Waals surface area contributed by atoms with Gasteiger partial charge in [0.1, 0.15) is 5.25 Å². The molecule has 128 valence electrons. The van der Waals surface area contributed by atoms with E-state index in [1.807, 2.05) is 18.2 Å². The smallest absolute Gasteiger partial charge is 0.219 e. The average Bonchev–Trinajstić information content (AvgIpc) is 2.95. The molecule has 0 radical (unpaired) electrons. The van der Waals surface area contributed by atoms with Gasteiger partial charge in [-0.1, -0.05) is 44.2 Å². The summed E-state index contributed by atoms with van der Waals surface area (Å²) in [5.74, 6) is 0.580. The number of sulfonamides is 1. The maximum absolute atomic E-state index is 12.7. The molecule has 5 nitrogen and oxygen atoms in total. The Hall–Kier alpha value is -0.950. The highest BCUT2D eigenvalue weighted by Gasteiger charge is 2.58. The van der Waals surface area contributed by atoms with Gasteiger partial charge in [-0.15, -0.1) is 0 Å². The van der Waals surface area contributed by atoms with Crippen LogP contribution < -0.4 is 4.72 Å². The summed E-state index contributed by atoms with van der Waals surface area (Å²) in [7, 11) is -3.62. The second kappa shape index (κ2) is 6.16. The molecule has 1 saturated carbocycles. The van der Waals surface area contributed by atoms with Gasteiger partial charge in [-0.3, -0.25) is 0 Å². The SMILES string of the molecule is CC(C)C[C@]1(NS(=O)(=O)C2COCC2O)C[C@@H]1c1ccccc1. The third-order valence-electron chi connectivity index (χ3n) is 4.79. The van der Waals surface area contributed by atoms with Gasteiger partial charge in [-0.2, -0.15) is 0 Å². The first-order valence-electron chi connectivity index (χ1n) is 8.17. The maximum atomic E-state index is 12.7. The van der Waals surface area contributed by atoms with Crippen LogP contribution >= 0.6 is 0 Å². The van der Waals surface area contributed by atoms with Crippen molar-refractivity contribution in [2.75, 3.05) is 13.2 Å². The van der Waals surface area contributed by atoms with Crippen molar-refractivity contribution in [3.63, 3.8) is 0 Å². The third-order valence-corrected chi connectivity index (χ3v) is 6.73. The molecule has 0 spiro atoms. The minimum atomic E-state index is -3.62. The molecule has 0 amide bonds. The molecule has 1 aliphatic heterocycles. The van der Waals surface area contributed by atoms with Crippen molar-refractivity contribution in [2.24, 2.45) is 5.92 Å². The lowest BCUT2D eigenvalue weighted by atomic mass is 9.98. The molecule has 2 fully saturated rings. The predicted octanol–water partition coefficient (Wildman–Crippen LogP) is 1.64. The first-order valence-corrected chi connectivity index (χ1v) is 9.72. The molecule has 0 aromatic heterocycles. The van der Waals surface area contributed by atoms with E-state index < -0.39 is 26.9 Å². The number of rotatable bonds is 6. The van der Waals surface area contributed by atoms with Gasteiger partial charge in [0.25, 0.3) is 0 Å². The summed E-state index contributed by atoms with van der Waals surface area (Å²) in [6, 6.07) is 10.0. The predicted molar refractivity (Wildman–Crippen MR) is 88.7 cm³/mol. The van der Waals surface area contributed by atoms with Crippen molar-refractivity contribution in [3.8, 4) is 0 Å². The monoisotopic (exact) mass is 339 g/mol. The molecular formula is C17H25NO4S. The molecule has 2 aliphatic rings. The van der Waals surface area contributed by atoms with Crippen LogP contribution in [0, 0.1) is 5.92 Å². The Balaban J connectivity index is 1.81. The number of hydrogen-bond donors (Lipinski definition) is 2. The van der Waals surface area contributed by atoms with Crippen LogP contribution in [0.1, 0.15) is 38.2 Å². The van der Waals surface area contributed by atoms with Crippen LogP contribution in [0.2, 0.25) is 0 Å². The minimum Gasteiger partial charge on any atom is -0.389 e. The number of aliphatic hydroxyl groups is 1. The summed E-state index contributed by atoms with van der Waals surface area (Å²) in [4.78, 5) is 0. The van der Waals surface area contributed by atoms with Crippen LogP contribution in [0.25, 0.3) is 0 Å². The third kappa shape index (κ3) is 3.45. The van der Waals surface area contributed by atoms with Gasteiger partial charge in [0, 0.05) is 11.5 Å². The Morgan fingerprint density at radius 2 is 2.00 bits per heavy atom. The number of hydrogen-bond acceptors (Lipinski definition) is 4. The zero-order valence-electron chi connectivity index (χ0n) is 13.6. The van der Waals surface area contributed by atoms with Crippen molar-refractivity contribution in [1.29, 1.82) is 0 Å². The summed E-state index contributed by atoms with van der Waals surface area (Å²) >= 11 is 0. The van der Waals surface area contributed by atoms with Gasteiger partial charge >= 0.3 is 0 Å². The van der Waals surface area contributed by atoms with Crippen molar-refractivity contribution in [3.05, 3.63) is 35.9 Å². The zero-order valence-corrected chi connectivity index (χ0v) is 14.4. The van der Waals surface area contributed by atoms with Crippen molar-refractivity contribution >= 4 is 10.0 Å². The lowest BCUT2D eigenvalue weighted by molar-refractivity contribution is 0.127. The van der Waals surface area contributed by atoms with Gasteiger partial charge in [-0.25, -0.2) is 13.1 Å². The Morgan fingerprint density at radius 1 is 1.30 bits per heavy atom. The Morgan fingerprint density at radius 3 is 2.57 bits per heavy atom. The summed E-state index contributed by atoms with van der Waals surface area (Å²) in [5.41, 5.74) is 0.732. The van der Waals surface area contributed by atoms with E-state index >= 15 is 0 Å². The zero-order chi connectivity index (χ0) is 16.7. The molecule has 1 aromatic carbocycles. The van der Waals surface area contributed by atoms with Gasteiger partial charge < -0.3 is 9.84 Å². The largest absolute Gasteiger partial charge is 0.389 e. The molecule has 2 unspecified atom stereocenters. The highest BCUT2D eigenvalue weighted by molar-refractivity contribution is 7.90. The van der Waals surface area contributed by atoms with Crippen molar-refractivity contribution in [2.45, 2.75) is 49.5 Å². The van der Waals surface area contributed by atoms with Crippen LogP contribution in [0.15, 0.2) is 30.3 Å². The topological polar surface area (TPSA) is 75.6 Å². The van der Waals surface area contributed by atoms with E-state index in [1.54, 1.807) is 0 Å².